The Morgan fingerprint density at radius 3 is 1.53 bits per heavy atom. The lowest BCUT2D eigenvalue weighted by Gasteiger charge is -2.29. The molecule has 0 rings (SSSR count). The number of hydrogen-bond donors (Lipinski definition) is 2. The van der Waals surface area contributed by atoms with Gasteiger partial charge in [0.15, 0.2) is 0 Å². The van der Waals surface area contributed by atoms with Crippen molar-refractivity contribution in [3.63, 3.8) is 0 Å². The first-order chi connectivity index (χ1) is 24.5. The van der Waals surface area contributed by atoms with Crippen LogP contribution in [0.3, 0.4) is 0 Å². The number of hydrogen-bond acceptors (Lipinski definition) is 6. The molecule has 0 saturated heterocycles. The Hall–Kier alpha value is -1.02. The van der Waals surface area contributed by atoms with Crippen molar-refractivity contribution in [2.45, 2.75) is 199 Å². The van der Waals surface area contributed by atoms with Crippen molar-refractivity contribution < 1.29 is 32.9 Å². The maximum atomic E-state index is 12.8. The van der Waals surface area contributed by atoms with E-state index in [9.17, 15) is 19.4 Å². The van der Waals surface area contributed by atoms with Gasteiger partial charge < -0.3 is 28.8 Å². The number of unbranched alkanes of at least 4 members (excludes halogenated alkanes) is 23. The first kappa shape index (κ1) is 50.0. The smallest absolute Gasteiger partial charge is 0.268 e. The largest absolute Gasteiger partial charge is 0.756 e. The van der Waals surface area contributed by atoms with E-state index in [1.807, 2.05) is 27.2 Å². The minimum Gasteiger partial charge on any atom is -0.756 e. The van der Waals surface area contributed by atoms with E-state index in [0.29, 0.717) is 17.4 Å². The Balaban J connectivity index is 4.47. The van der Waals surface area contributed by atoms with Gasteiger partial charge in [0.05, 0.1) is 39.9 Å². The Morgan fingerprint density at radius 2 is 1.08 bits per heavy atom. The lowest BCUT2D eigenvalue weighted by Crippen LogP contribution is -2.45. The van der Waals surface area contributed by atoms with Crippen LogP contribution in [0.1, 0.15) is 187 Å². The van der Waals surface area contributed by atoms with Gasteiger partial charge in [0, 0.05) is 6.42 Å². The molecule has 0 aliphatic rings. The number of allylic oxidation sites excluding steroid dienone is 3. The van der Waals surface area contributed by atoms with Crippen LogP contribution < -0.4 is 10.2 Å². The fourth-order valence-corrected chi connectivity index (χ4v) is 6.69. The fraction of sp³-hybridized carbons (Fsp3) is 0.881. The van der Waals surface area contributed by atoms with Gasteiger partial charge in [-0.3, -0.25) is 9.36 Å². The first-order valence-corrected chi connectivity index (χ1v) is 22.7. The first-order valence-electron chi connectivity index (χ1n) is 21.2. The molecule has 2 N–H and O–H groups in total. The predicted octanol–water partition coefficient (Wildman–Crippen LogP) is 10.7. The Kier molecular flexibility index (Phi) is 34.0. The van der Waals surface area contributed by atoms with Crippen molar-refractivity contribution in [1.82, 2.24) is 5.32 Å². The average Bonchev–Trinajstić information content (AvgIpc) is 3.07. The molecular weight excluding hydrogens is 659 g/mol. The second-order valence-electron chi connectivity index (χ2n) is 15.7. The Bertz CT molecular complexity index is 891. The van der Waals surface area contributed by atoms with Gasteiger partial charge in [-0.25, -0.2) is 0 Å². The number of phosphoric ester groups is 1. The molecule has 9 heteroatoms. The Labute approximate surface area is 315 Å². The number of aliphatic hydroxyl groups excluding tert-OH is 1. The van der Waals surface area contributed by atoms with Gasteiger partial charge in [0.25, 0.3) is 7.82 Å². The quantitative estimate of drug-likeness (QED) is 0.0282. The zero-order valence-corrected chi connectivity index (χ0v) is 35.0. The summed E-state index contributed by atoms with van der Waals surface area (Å²) in [6, 6.07) is -0.886. The van der Waals surface area contributed by atoms with E-state index in [0.717, 1.165) is 51.4 Å². The number of amides is 1. The zero-order chi connectivity index (χ0) is 37.9. The highest BCUT2D eigenvalue weighted by molar-refractivity contribution is 7.45. The SMILES string of the molecule is CCCCCCCCC/C=C\CCCCCCCC(=O)NC(COP(=O)([O-])OCC[N+](C)(C)C)C(O)/C=C/CCCCCCCCCCCCC. The number of nitrogens with one attached hydrogen (secondary N) is 1. The van der Waals surface area contributed by atoms with Crippen LogP contribution in [-0.4, -0.2) is 68.5 Å². The molecule has 0 aliphatic heterocycles. The number of phosphoric acid groups is 1. The van der Waals surface area contributed by atoms with Crippen LogP contribution in [0.5, 0.6) is 0 Å². The van der Waals surface area contributed by atoms with E-state index in [2.05, 4.69) is 31.3 Å². The summed E-state index contributed by atoms with van der Waals surface area (Å²) in [5.74, 6) is -0.207. The molecule has 0 saturated carbocycles. The molecule has 0 fully saturated rings. The third-order valence-electron chi connectivity index (χ3n) is 9.41. The monoisotopic (exact) mass is 743 g/mol. The van der Waals surface area contributed by atoms with Crippen LogP contribution in [-0.2, 0) is 18.4 Å². The lowest BCUT2D eigenvalue weighted by atomic mass is 10.0. The minimum atomic E-state index is -4.58. The van der Waals surface area contributed by atoms with Gasteiger partial charge >= 0.3 is 0 Å². The van der Waals surface area contributed by atoms with Crippen LogP contribution in [0.2, 0.25) is 0 Å². The second-order valence-corrected chi connectivity index (χ2v) is 17.1. The molecule has 3 unspecified atom stereocenters. The molecule has 3 atom stereocenters. The highest BCUT2D eigenvalue weighted by Gasteiger charge is 2.23. The summed E-state index contributed by atoms with van der Waals surface area (Å²) in [6.45, 7) is 4.62. The fourth-order valence-electron chi connectivity index (χ4n) is 5.97. The molecule has 0 aromatic carbocycles. The molecule has 0 heterocycles. The van der Waals surface area contributed by atoms with Gasteiger partial charge in [-0.05, 0) is 44.9 Å². The molecule has 0 bridgehead atoms. The van der Waals surface area contributed by atoms with E-state index in [4.69, 9.17) is 9.05 Å². The summed E-state index contributed by atoms with van der Waals surface area (Å²) in [5, 5.41) is 13.7. The minimum absolute atomic E-state index is 0.00173. The molecule has 0 aliphatic carbocycles. The normalized spacial score (nSPS) is 14.7. The molecule has 51 heavy (non-hydrogen) atoms. The van der Waals surface area contributed by atoms with Gasteiger partial charge in [0.2, 0.25) is 5.91 Å². The predicted molar refractivity (Wildman–Crippen MR) is 215 cm³/mol. The molecule has 8 nitrogen and oxygen atoms in total. The third kappa shape index (κ3) is 37.1. The summed E-state index contributed by atoms with van der Waals surface area (Å²) in [4.78, 5) is 25.2. The van der Waals surface area contributed by atoms with Crippen molar-refractivity contribution in [3.05, 3.63) is 24.3 Å². The molecule has 0 spiro atoms. The van der Waals surface area contributed by atoms with Crippen molar-refractivity contribution in [2.24, 2.45) is 0 Å². The highest BCUT2D eigenvalue weighted by Crippen LogP contribution is 2.38. The lowest BCUT2D eigenvalue weighted by molar-refractivity contribution is -0.870. The number of aliphatic hydroxyl groups is 1. The standard InChI is InChI=1S/C42H83N2O6P/c1-6-8-10-12-14-16-18-20-21-22-24-26-28-30-32-34-36-42(46)43-40(39-50-51(47,48)49-38-37-44(3,4)5)41(45)35-33-31-29-27-25-23-19-17-15-13-11-9-7-2/h21-22,33,35,40-41,45H,6-20,23-32,34,36-39H2,1-5H3,(H-,43,46,47,48)/b22-21-,35-33+. The van der Waals surface area contributed by atoms with E-state index in [-0.39, 0.29) is 19.1 Å². The van der Waals surface area contributed by atoms with Crippen molar-refractivity contribution in [1.29, 1.82) is 0 Å². The number of carbonyl (C=O) groups is 1. The molecule has 0 aromatic heterocycles. The zero-order valence-electron chi connectivity index (χ0n) is 34.1. The average molecular weight is 743 g/mol. The summed E-state index contributed by atoms with van der Waals surface area (Å²) >= 11 is 0. The second kappa shape index (κ2) is 34.7. The summed E-state index contributed by atoms with van der Waals surface area (Å²) in [6.07, 6.45) is 39.3. The summed E-state index contributed by atoms with van der Waals surface area (Å²) in [7, 11) is 1.26. The number of likely N-dealkylation sites (N-methyl/N-ethyl adjacent to an activating group) is 1. The van der Waals surface area contributed by atoms with Crippen LogP contribution in [0, 0.1) is 0 Å². The van der Waals surface area contributed by atoms with Gasteiger partial charge in [0.1, 0.15) is 13.2 Å². The van der Waals surface area contributed by atoms with Crippen LogP contribution in [0.4, 0.5) is 0 Å². The number of rotatable bonds is 38. The van der Waals surface area contributed by atoms with E-state index in [1.165, 1.54) is 116 Å². The number of quaternary nitrogens is 1. The van der Waals surface area contributed by atoms with Crippen molar-refractivity contribution >= 4 is 13.7 Å². The molecule has 0 aromatic rings. The van der Waals surface area contributed by atoms with Crippen LogP contribution in [0.15, 0.2) is 24.3 Å². The maximum Gasteiger partial charge on any atom is 0.268 e. The topological polar surface area (TPSA) is 108 Å². The number of nitrogens with zero attached hydrogens (tertiary/aromatic N) is 1. The van der Waals surface area contributed by atoms with Gasteiger partial charge in [-0.2, -0.15) is 0 Å². The van der Waals surface area contributed by atoms with Gasteiger partial charge in [-0.15, -0.1) is 0 Å². The summed E-state index contributed by atoms with van der Waals surface area (Å²) in [5.41, 5.74) is 0. The summed E-state index contributed by atoms with van der Waals surface area (Å²) < 4.78 is 23.1. The van der Waals surface area contributed by atoms with E-state index < -0.39 is 20.0 Å². The van der Waals surface area contributed by atoms with E-state index >= 15 is 0 Å². The van der Waals surface area contributed by atoms with Crippen LogP contribution in [0.25, 0.3) is 0 Å². The molecular formula is C42H83N2O6P. The Morgan fingerprint density at radius 1 is 0.667 bits per heavy atom. The maximum absolute atomic E-state index is 12.8. The van der Waals surface area contributed by atoms with Crippen molar-refractivity contribution in [3.8, 4) is 0 Å². The van der Waals surface area contributed by atoms with E-state index in [1.54, 1.807) is 6.08 Å². The van der Waals surface area contributed by atoms with Crippen LogP contribution >= 0.6 is 7.82 Å². The third-order valence-corrected chi connectivity index (χ3v) is 10.4. The molecule has 302 valence electrons. The number of carbonyl (C=O) groups excluding carboxylic acids is 1. The molecule has 1 amide bonds. The van der Waals surface area contributed by atoms with Gasteiger partial charge in [-0.1, -0.05) is 160 Å². The molecule has 0 radical (unpaired) electrons. The highest BCUT2D eigenvalue weighted by atomic mass is 31.2. The van der Waals surface area contributed by atoms with Crippen molar-refractivity contribution in [2.75, 3.05) is 40.9 Å².